The third kappa shape index (κ3) is 2.17. The third-order valence-electron chi connectivity index (χ3n) is 3.10. The van der Waals surface area contributed by atoms with Gasteiger partial charge in [-0.2, -0.15) is 0 Å². The third-order valence-corrected chi connectivity index (χ3v) is 3.73. The minimum absolute atomic E-state index is 0.0381. The number of rotatable bonds is 3. The Labute approximate surface area is 117 Å². The highest BCUT2D eigenvalue weighted by molar-refractivity contribution is 9.18. The van der Waals surface area contributed by atoms with Crippen molar-refractivity contribution in [3.05, 3.63) is 0 Å². The zero-order chi connectivity index (χ0) is 14.3. The van der Waals surface area contributed by atoms with Crippen LogP contribution in [0.1, 0.15) is 0 Å². The van der Waals surface area contributed by atoms with E-state index >= 15 is 0 Å². The second kappa shape index (κ2) is 4.99. The summed E-state index contributed by atoms with van der Waals surface area (Å²) in [6.07, 6.45) is -0.997. The van der Waals surface area contributed by atoms with Crippen LogP contribution in [0.2, 0.25) is 0 Å². The van der Waals surface area contributed by atoms with Crippen molar-refractivity contribution in [2.75, 3.05) is 27.2 Å². The van der Waals surface area contributed by atoms with Crippen molar-refractivity contribution in [1.82, 2.24) is 9.80 Å². The number of likely N-dealkylation sites (N-methyl/N-ethyl adjacent to an activating group) is 2. The van der Waals surface area contributed by atoms with Gasteiger partial charge in [0.05, 0.1) is 22.5 Å². The van der Waals surface area contributed by atoms with Crippen molar-refractivity contribution in [2.24, 2.45) is 4.99 Å². The molecule has 2 unspecified atom stereocenters. The molecule has 0 spiro atoms. The number of aliphatic imine (C=N–C) groups is 1. The van der Waals surface area contributed by atoms with E-state index < -0.39 is 30.7 Å². The molecular weight excluding hydrogens is 320 g/mol. The molecule has 2 atom stereocenters. The average Bonchev–Trinajstić information content (AvgIpc) is 2.71. The molecule has 3 amide bonds. The first-order chi connectivity index (χ1) is 8.88. The molecule has 0 aliphatic carbocycles. The Balaban J connectivity index is 2.34. The number of carbonyl (C=O) groups is 2. The van der Waals surface area contributed by atoms with E-state index in [1.807, 2.05) is 0 Å². The molecule has 104 valence electrons. The molecule has 0 radical (unpaired) electrons. The van der Waals surface area contributed by atoms with E-state index in [0.29, 0.717) is 10.6 Å². The van der Waals surface area contributed by atoms with Crippen molar-refractivity contribution in [3.63, 3.8) is 0 Å². The number of nitrogens with zero attached hydrogens (tertiary/aromatic N) is 4. The number of amidine groups is 2. The molecule has 2 rings (SSSR count). The molecule has 0 aromatic rings. The SMILES string of the molecule is CN1C(=O)C2C(=NC(Br)=[N+]2CC(O)CO)N(C)C1=O. The summed E-state index contributed by atoms with van der Waals surface area (Å²) >= 11 is 3.20. The number of aliphatic hydroxyl groups excluding tert-OH is 2. The summed E-state index contributed by atoms with van der Waals surface area (Å²) < 4.78 is 1.86. The predicted octanol–water partition coefficient (Wildman–Crippen LogP) is -1.59. The van der Waals surface area contributed by atoms with E-state index in [0.717, 1.165) is 4.90 Å². The Hall–Kier alpha value is -1.32. The van der Waals surface area contributed by atoms with Gasteiger partial charge in [0.1, 0.15) is 12.6 Å². The number of hydrogen-bond acceptors (Lipinski definition) is 5. The fourth-order valence-corrected chi connectivity index (χ4v) is 2.57. The Morgan fingerprint density at radius 2 is 2.05 bits per heavy atom. The minimum atomic E-state index is -0.997. The molecule has 8 nitrogen and oxygen atoms in total. The van der Waals surface area contributed by atoms with Gasteiger partial charge in [-0.1, -0.05) is 0 Å². The van der Waals surface area contributed by atoms with Gasteiger partial charge in [0, 0.05) is 14.1 Å². The second-order valence-corrected chi connectivity index (χ2v) is 5.08. The lowest BCUT2D eigenvalue weighted by molar-refractivity contribution is -0.541. The zero-order valence-corrected chi connectivity index (χ0v) is 12.0. The Morgan fingerprint density at radius 1 is 1.42 bits per heavy atom. The molecule has 2 aliphatic heterocycles. The Morgan fingerprint density at radius 3 is 2.63 bits per heavy atom. The van der Waals surface area contributed by atoms with Crippen molar-refractivity contribution in [2.45, 2.75) is 12.1 Å². The molecule has 2 heterocycles. The molecule has 0 bridgehead atoms. The molecule has 0 aromatic carbocycles. The monoisotopic (exact) mass is 333 g/mol. The van der Waals surface area contributed by atoms with Crippen molar-refractivity contribution >= 4 is 38.4 Å². The van der Waals surface area contributed by atoms with Crippen molar-refractivity contribution < 1.29 is 24.4 Å². The summed E-state index contributed by atoms with van der Waals surface area (Å²) in [5, 5.41) is 18.4. The minimum Gasteiger partial charge on any atom is -0.394 e. The highest BCUT2D eigenvalue weighted by Crippen LogP contribution is 2.20. The summed E-state index contributed by atoms with van der Waals surface area (Å²) in [6.45, 7) is -0.381. The van der Waals surface area contributed by atoms with Crippen LogP contribution in [0.4, 0.5) is 4.79 Å². The van der Waals surface area contributed by atoms with Gasteiger partial charge in [0.2, 0.25) is 0 Å². The largest absolute Gasteiger partial charge is 0.394 e. The summed E-state index contributed by atoms with van der Waals surface area (Å²) in [5.41, 5.74) is 0. The quantitative estimate of drug-likeness (QED) is 0.480. The van der Waals surface area contributed by atoms with Crippen LogP contribution in [0.25, 0.3) is 0 Å². The van der Waals surface area contributed by atoms with Crippen molar-refractivity contribution in [3.8, 4) is 0 Å². The van der Waals surface area contributed by atoms with Crippen LogP contribution in [-0.2, 0) is 4.79 Å². The van der Waals surface area contributed by atoms with Crippen LogP contribution in [-0.4, -0.2) is 86.5 Å². The van der Waals surface area contributed by atoms with Crippen LogP contribution >= 0.6 is 15.9 Å². The molecule has 19 heavy (non-hydrogen) atoms. The number of carbonyl (C=O) groups excluding carboxylic acids is 2. The van der Waals surface area contributed by atoms with E-state index in [1.54, 1.807) is 0 Å². The van der Waals surface area contributed by atoms with Gasteiger partial charge >= 0.3 is 10.8 Å². The lowest BCUT2D eigenvalue weighted by Gasteiger charge is -2.30. The van der Waals surface area contributed by atoms with Gasteiger partial charge in [0.15, 0.2) is 0 Å². The molecule has 1 saturated heterocycles. The Kier molecular flexibility index (Phi) is 3.70. The summed E-state index contributed by atoms with van der Waals surface area (Å²) in [6, 6.07) is -1.21. The first kappa shape index (κ1) is 14.1. The van der Waals surface area contributed by atoms with Crippen LogP contribution in [0.5, 0.6) is 0 Å². The number of halogens is 1. The topological polar surface area (TPSA) is 96.4 Å². The first-order valence-electron chi connectivity index (χ1n) is 5.60. The van der Waals surface area contributed by atoms with Gasteiger partial charge < -0.3 is 10.2 Å². The molecule has 2 N–H and O–H groups in total. The fraction of sp³-hybridized carbons (Fsp3) is 0.600. The number of hydrogen-bond donors (Lipinski definition) is 2. The van der Waals surface area contributed by atoms with E-state index in [1.165, 1.54) is 23.6 Å². The maximum atomic E-state index is 12.2. The van der Waals surface area contributed by atoms with E-state index in [9.17, 15) is 14.7 Å². The molecule has 2 aliphatic rings. The number of imide groups is 1. The highest BCUT2D eigenvalue weighted by Gasteiger charge is 2.52. The average molecular weight is 334 g/mol. The maximum absolute atomic E-state index is 12.2. The second-order valence-electron chi connectivity index (χ2n) is 4.37. The van der Waals surface area contributed by atoms with Crippen LogP contribution in [0.3, 0.4) is 0 Å². The summed E-state index contributed by atoms with van der Waals surface area (Å²) in [7, 11) is 2.92. The van der Waals surface area contributed by atoms with Crippen LogP contribution < -0.4 is 0 Å². The van der Waals surface area contributed by atoms with Gasteiger partial charge in [-0.05, 0) is 4.99 Å². The maximum Gasteiger partial charge on any atom is 0.364 e. The molecule has 0 aromatic heterocycles. The lowest BCUT2D eigenvalue weighted by Crippen LogP contribution is -2.62. The van der Waals surface area contributed by atoms with E-state index in [2.05, 4.69) is 20.9 Å². The first-order valence-corrected chi connectivity index (χ1v) is 6.39. The zero-order valence-electron chi connectivity index (χ0n) is 10.4. The smallest absolute Gasteiger partial charge is 0.364 e. The number of fused-ring (bicyclic) bond motifs is 1. The predicted molar refractivity (Wildman–Crippen MR) is 69.3 cm³/mol. The van der Waals surface area contributed by atoms with E-state index in [4.69, 9.17) is 5.11 Å². The summed E-state index contributed by atoms with van der Waals surface area (Å²) in [4.78, 5) is 30.4. The fourth-order valence-electron chi connectivity index (χ4n) is 2.03. The number of urea groups is 1. The molecule has 9 heteroatoms. The van der Waals surface area contributed by atoms with Crippen LogP contribution in [0, 0.1) is 0 Å². The van der Waals surface area contributed by atoms with Gasteiger partial charge in [-0.3, -0.25) is 14.6 Å². The number of aliphatic hydroxyl groups is 2. The van der Waals surface area contributed by atoms with Gasteiger partial charge in [0.25, 0.3) is 17.8 Å². The van der Waals surface area contributed by atoms with Gasteiger partial charge in [-0.25, -0.2) is 9.37 Å². The number of amides is 3. The molecule has 0 saturated carbocycles. The van der Waals surface area contributed by atoms with Crippen molar-refractivity contribution in [1.29, 1.82) is 0 Å². The lowest BCUT2D eigenvalue weighted by atomic mass is 10.1. The van der Waals surface area contributed by atoms with Crippen LogP contribution in [0.15, 0.2) is 4.99 Å². The molecule has 1 fully saturated rings. The van der Waals surface area contributed by atoms with Gasteiger partial charge in [-0.15, -0.1) is 0 Å². The number of β-amino-alcohol motifs (C(OH)–C–C–N with tert-alkyl or cyclic N) is 1. The highest BCUT2D eigenvalue weighted by atomic mass is 79.9. The summed E-state index contributed by atoms with van der Waals surface area (Å²) in [5.74, 6) is -0.105. The standard InChI is InChI=1S/C10H14BrN4O4/c1-13-7-6(8(18)14(2)10(13)19)15(9(11)12-7)3-5(17)4-16/h5-6,16-17H,3-4H2,1-2H3/q+1. The molecular formula is C10H14BrN4O4+. The normalized spacial score (nSPS) is 24.9. The van der Waals surface area contributed by atoms with E-state index in [-0.39, 0.29) is 6.54 Å². The Bertz CT molecular complexity index is 504.